The van der Waals surface area contributed by atoms with Gasteiger partial charge >= 0.3 is 5.97 Å². The molecule has 94 valence electrons. The highest BCUT2D eigenvalue weighted by Gasteiger charge is 2.28. The Bertz CT molecular complexity index is 536. The summed E-state index contributed by atoms with van der Waals surface area (Å²) in [5.41, 5.74) is 2.17. The molecule has 0 saturated carbocycles. The average molecular weight is 247 g/mol. The zero-order valence-corrected chi connectivity index (χ0v) is 10.1. The average Bonchev–Trinajstić information content (AvgIpc) is 2.86. The summed E-state index contributed by atoms with van der Waals surface area (Å²) in [5.74, 6) is 1.10. The fraction of sp³-hybridized carbons (Fsp3) is 0.385. The van der Waals surface area contributed by atoms with Gasteiger partial charge in [0.05, 0.1) is 6.61 Å². The van der Waals surface area contributed by atoms with Crippen molar-refractivity contribution in [2.45, 2.75) is 13.3 Å². The molecule has 0 aromatic heterocycles. The van der Waals surface area contributed by atoms with E-state index in [1.54, 1.807) is 13.0 Å². The van der Waals surface area contributed by atoms with Crippen LogP contribution in [-0.2, 0) is 16.0 Å². The van der Waals surface area contributed by atoms with Crippen LogP contribution in [0.5, 0.6) is 11.5 Å². The molecule has 2 aliphatic rings. The third-order valence-electron chi connectivity index (χ3n) is 3.00. The summed E-state index contributed by atoms with van der Waals surface area (Å²) in [5, 5.41) is 0. The van der Waals surface area contributed by atoms with Crippen LogP contribution in [0.1, 0.15) is 18.1 Å². The highest BCUT2D eigenvalue weighted by Crippen LogP contribution is 2.39. The van der Waals surface area contributed by atoms with Crippen molar-refractivity contribution in [1.29, 1.82) is 0 Å². The minimum Gasteiger partial charge on any atom is -0.461 e. The fourth-order valence-corrected chi connectivity index (χ4v) is 2.24. The maximum absolute atomic E-state index is 11.8. The molecule has 2 aliphatic heterocycles. The van der Waals surface area contributed by atoms with Gasteiger partial charge in [0.15, 0.2) is 17.2 Å². The van der Waals surface area contributed by atoms with Crippen molar-refractivity contribution < 1.29 is 19.0 Å². The first-order chi connectivity index (χ1) is 8.81. The summed E-state index contributed by atoms with van der Waals surface area (Å²) in [7, 11) is 0. The minimum atomic E-state index is -0.377. The van der Waals surface area contributed by atoms with Crippen LogP contribution in [0.25, 0.3) is 0 Å². The van der Waals surface area contributed by atoms with Crippen LogP contribution in [-0.4, -0.2) is 31.6 Å². The number of carbonyl (C=O) groups is 1. The lowest BCUT2D eigenvalue weighted by Crippen LogP contribution is -2.24. The van der Waals surface area contributed by atoms with Gasteiger partial charge in [-0.1, -0.05) is 0 Å². The normalized spacial score (nSPS) is 15.9. The van der Waals surface area contributed by atoms with Crippen LogP contribution in [0.15, 0.2) is 17.1 Å². The second-order valence-electron chi connectivity index (χ2n) is 4.03. The number of fused-ring (bicyclic) bond motifs is 3. The van der Waals surface area contributed by atoms with Crippen LogP contribution >= 0.6 is 0 Å². The molecule has 0 atom stereocenters. The van der Waals surface area contributed by atoms with Crippen molar-refractivity contribution in [3.63, 3.8) is 0 Å². The zero-order valence-electron chi connectivity index (χ0n) is 10.1. The molecule has 1 aromatic rings. The van der Waals surface area contributed by atoms with Crippen LogP contribution in [0.3, 0.4) is 0 Å². The van der Waals surface area contributed by atoms with Gasteiger partial charge in [0.1, 0.15) is 0 Å². The second-order valence-corrected chi connectivity index (χ2v) is 4.03. The van der Waals surface area contributed by atoms with Gasteiger partial charge in [-0.05, 0) is 25.5 Å². The van der Waals surface area contributed by atoms with Crippen LogP contribution in [0.4, 0.5) is 0 Å². The number of ether oxygens (including phenoxy) is 3. The first-order valence-electron chi connectivity index (χ1n) is 5.94. The maximum atomic E-state index is 11.8. The first kappa shape index (κ1) is 11.1. The summed E-state index contributed by atoms with van der Waals surface area (Å²) in [6.07, 6.45) is 0.755. The Kier molecular flexibility index (Phi) is 2.66. The summed E-state index contributed by atoms with van der Waals surface area (Å²) >= 11 is 0. The van der Waals surface area contributed by atoms with Crippen molar-refractivity contribution in [2.24, 2.45) is 4.99 Å². The molecule has 18 heavy (non-hydrogen) atoms. The maximum Gasteiger partial charge on any atom is 0.357 e. The number of benzene rings is 1. The molecule has 5 nitrogen and oxygen atoms in total. The molecule has 3 rings (SSSR count). The van der Waals surface area contributed by atoms with Gasteiger partial charge in [0.2, 0.25) is 6.79 Å². The molecular formula is C13H13NO4. The Hall–Kier alpha value is -2.04. The number of carbonyl (C=O) groups excluding carboxylic acids is 1. The molecule has 0 bridgehead atoms. The van der Waals surface area contributed by atoms with E-state index < -0.39 is 0 Å². The number of rotatable bonds is 2. The first-order valence-corrected chi connectivity index (χ1v) is 5.94. The lowest BCUT2D eigenvalue weighted by atomic mass is 9.96. The van der Waals surface area contributed by atoms with Gasteiger partial charge in [0.25, 0.3) is 0 Å². The lowest BCUT2D eigenvalue weighted by molar-refractivity contribution is -0.134. The third-order valence-corrected chi connectivity index (χ3v) is 3.00. The minimum absolute atomic E-state index is 0.234. The Balaban J connectivity index is 2.04. The van der Waals surface area contributed by atoms with Gasteiger partial charge in [-0.3, -0.25) is 4.99 Å². The standard InChI is InChI=1S/C13H13NO4/c1-2-16-13(15)11-8-3-4-10-12(18-7-17-10)9(8)5-6-14-11/h3-4H,2,5-7H2,1H3. The van der Waals surface area contributed by atoms with E-state index in [1.165, 1.54) is 0 Å². The Morgan fingerprint density at radius 3 is 3.17 bits per heavy atom. The van der Waals surface area contributed by atoms with Gasteiger partial charge in [-0.25, -0.2) is 4.79 Å². The van der Waals surface area contributed by atoms with Crippen molar-refractivity contribution in [3.8, 4) is 11.5 Å². The monoisotopic (exact) mass is 247 g/mol. The second kappa shape index (κ2) is 4.33. The van der Waals surface area contributed by atoms with Crippen molar-refractivity contribution in [3.05, 3.63) is 23.3 Å². The molecule has 5 heteroatoms. The van der Waals surface area contributed by atoms with E-state index in [-0.39, 0.29) is 12.8 Å². The predicted octanol–water partition coefficient (Wildman–Crippen LogP) is 1.32. The predicted molar refractivity (Wildman–Crippen MR) is 64.3 cm³/mol. The lowest BCUT2D eigenvalue weighted by Gasteiger charge is -2.17. The quantitative estimate of drug-likeness (QED) is 0.740. The summed E-state index contributed by atoms with van der Waals surface area (Å²) < 4.78 is 15.8. The van der Waals surface area contributed by atoms with Gasteiger partial charge in [-0.15, -0.1) is 0 Å². The van der Waals surface area contributed by atoms with E-state index in [4.69, 9.17) is 14.2 Å². The van der Waals surface area contributed by atoms with E-state index in [0.29, 0.717) is 18.9 Å². The van der Waals surface area contributed by atoms with Crippen LogP contribution < -0.4 is 9.47 Å². The highest BCUT2D eigenvalue weighted by atomic mass is 16.7. The molecule has 0 amide bonds. The number of hydrogen-bond donors (Lipinski definition) is 0. The van der Waals surface area contributed by atoms with Crippen molar-refractivity contribution in [2.75, 3.05) is 19.9 Å². The Morgan fingerprint density at radius 1 is 1.44 bits per heavy atom. The molecule has 0 spiro atoms. The topological polar surface area (TPSA) is 57.1 Å². The zero-order chi connectivity index (χ0) is 12.5. The molecular weight excluding hydrogens is 234 g/mol. The molecule has 0 unspecified atom stereocenters. The van der Waals surface area contributed by atoms with Gasteiger partial charge in [0, 0.05) is 17.7 Å². The molecule has 0 aliphatic carbocycles. The summed E-state index contributed by atoms with van der Waals surface area (Å²) in [6, 6.07) is 3.65. The molecule has 0 radical (unpaired) electrons. The third kappa shape index (κ3) is 1.63. The Labute approximate surface area is 104 Å². The number of hydrogen-bond acceptors (Lipinski definition) is 5. The van der Waals surface area contributed by atoms with Crippen molar-refractivity contribution >= 4 is 11.7 Å². The van der Waals surface area contributed by atoms with E-state index >= 15 is 0 Å². The fourth-order valence-electron chi connectivity index (χ4n) is 2.24. The molecule has 0 saturated heterocycles. The van der Waals surface area contributed by atoms with Crippen LogP contribution in [0.2, 0.25) is 0 Å². The number of nitrogens with zero attached hydrogens (tertiary/aromatic N) is 1. The smallest absolute Gasteiger partial charge is 0.357 e. The molecule has 1 aromatic carbocycles. The van der Waals surface area contributed by atoms with E-state index in [2.05, 4.69) is 4.99 Å². The van der Waals surface area contributed by atoms with Gasteiger partial charge < -0.3 is 14.2 Å². The van der Waals surface area contributed by atoms with E-state index in [0.717, 1.165) is 29.0 Å². The molecule has 0 N–H and O–H groups in total. The molecule has 2 heterocycles. The molecule has 0 fully saturated rings. The van der Waals surface area contributed by atoms with E-state index in [1.807, 2.05) is 6.07 Å². The summed E-state index contributed by atoms with van der Waals surface area (Å²) in [6.45, 7) is 2.93. The largest absolute Gasteiger partial charge is 0.461 e. The summed E-state index contributed by atoms with van der Waals surface area (Å²) in [4.78, 5) is 16.1. The highest BCUT2D eigenvalue weighted by molar-refractivity contribution is 6.44. The number of esters is 1. The van der Waals surface area contributed by atoms with E-state index in [9.17, 15) is 4.79 Å². The van der Waals surface area contributed by atoms with Crippen molar-refractivity contribution in [1.82, 2.24) is 0 Å². The Morgan fingerprint density at radius 2 is 2.33 bits per heavy atom. The number of aliphatic imine (C=N–C) groups is 1. The van der Waals surface area contributed by atoms with Gasteiger partial charge in [-0.2, -0.15) is 0 Å². The SMILES string of the molecule is CCOC(=O)C1=NCCc2c1ccc1c2OCO1. The van der Waals surface area contributed by atoms with Crippen LogP contribution in [0, 0.1) is 0 Å².